The average molecular weight is 422 g/mol. The van der Waals surface area contributed by atoms with Crippen LogP contribution in [-0.4, -0.2) is 20.1 Å². The van der Waals surface area contributed by atoms with Crippen LogP contribution in [-0.2, 0) is 6.61 Å². The van der Waals surface area contributed by atoms with E-state index in [0.29, 0.717) is 38.7 Å². The van der Waals surface area contributed by atoms with Crippen molar-refractivity contribution in [2.45, 2.75) is 6.61 Å². The number of carbonyl (C=O) groups excluding carboxylic acids is 1. The highest BCUT2D eigenvalue weighted by atomic mass is 35.5. The second-order valence-corrected chi connectivity index (χ2v) is 6.49. The standard InChI is InChI=1S/C20H17Cl2NO5/c1-25-13-4-7-18(26-2)16(10-13)23-20(24)19-8-5-14(28-19)11-27-17-6-3-12(21)9-15(17)22/h3-10H,11H2,1-2H3,(H,23,24). The summed E-state index contributed by atoms with van der Waals surface area (Å²) in [6, 6.07) is 13.2. The maximum atomic E-state index is 12.5. The summed E-state index contributed by atoms with van der Waals surface area (Å²) >= 11 is 11.9. The number of ether oxygens (including phenoxy) is 3. The zero-order valence-corrected chi connectivity index (χ0v) is 16.6. The van der Waals surface area contributed by atoms with Gasteiger partial charge in [0, 0.05) is 11.1 Å². The van der Waals surface area contributed by atoms with Crippen molar-refractivity contribution >= 4 is 34.8 Å². The minimum absolute atomic E-state index is 0.108. The predicted molar refractivity (Wildman–Crippen MR) is 107 cm³/mol. The zero-order valence-electron chi connectivity index (χ0n) is 15.1. The molecule has 0 aliphatic carbocycles. The van der Waals surface area contributed by atoms with Crippen molar-refractivity contribution in [3.05, 3.63) is 70.1 Å². The molecule has 1 amide bonds. The van der Waals surface area contributed by atoms with Gasteiger partial charge in [0.25, 0.3) is 5.91 Å². The highest BCUT2D eigenvalue weighted by Gasteiger charge is 2.15. The quantitative estimate of drug-likeness (QED) is 0.550. The van der Waals surface area contributed by atoms with Crippen molar-refractivity contribution in [1.29, 1.82) is 0 Å². The van der Waals surface area contributed by atoms with Crippen LogP contribution >= 0.6 is 23.2 Å². The number of methoxy groups -OCH3 is 2. The summed E-state index contributed by atoms with van der Waals surface area (Å²) in [5.74, 6) is 1.72. The molecule has 0 atom stereocenters. The van der Waals surface area contributed by atoms with Crippen LogP contribution in [0.5, 0.6) is 17.2 Å². The summed E-state index contributed by atoms with van der Waals surface area (Å²) in [4.78, 5) is 12.5. The predicted octanol–water partition coefficient (Wildman–Crippen LogP) is 5.43. The summed E-state index contributed by atoms with van der Waals surface area (Å²) in [5, 5.41) is 3.65. The van der Waals surface area contributed by atoms with E-state index in [4.69, 9.17) is 41.8 Å². The van der Waals surface area contributed by atoms with E-state index in [2.05, 4.69) is 5.32 Å². The molecule has 1 heterocycles. The Bertz CT molecular complexity index is 986. The molecule has 1 aromatic heterocycles. The third kappa shape index (κ3) is 4.71. The second-order valence-electron chi connectivity index (χ2n) is 5.65. The topological polar surface area (TPSA) is 69.9 Å². The second kappa shape index (κ2) is 8.91. The van der Waals surface area contributed by atoms with Gasteiger partial charge in [-0.2, -0.15) is 0 Å². The lowest BCUT2D eigenvalue weighted by Gasteiger charge is -2.11. The number of nitrogens with one attached hydrogen (secondary N) is 1. The number of halogens is 2. The van der Waals surface area contributed by atoms with Gasteiger partial charge in [-0.15, -0.1) is 0 Å². The van der Waals surface area contributed by atoms with Crippen molar-refractivity contribution in [1.82, 2.24) is 0 Å². The fourth-order valence-electron chi connectivity index (χ4n) is 2.41. The fraction of sp³-hybridized carbons (Fsp3) is 0.150. The van der Waals surface area contributed by atoms with E-state index in [1.165, 1.54) is 7.11 Å². The first kappa shape index (κ1) is 19.9. The molecule has 28 heavy (non-hydrogen) atoms. The number of anilines is 1. The third-order valence-electron chi connectivity index (χ3n) is 3.80. The maximum absolute atomic E-state index is 12.5. The lowest BCUT2D eigenvalue weighted by atomic mass is 10.2. The van der Waals surface area contributed by atoms with Gasteiger partial charge in [0.2, 0.25) is 0 Å². The molecule has 6 nitrogen and oxygen atoms in total. The lowest BCUT2D eigenvalue weighted by molar-refractivity contribution is 0.0992. The fourth-order valence-corrected chi connectivity index (χ4v) is 2.88. The van der Waals surface area contributed by atoms with Crippen LogP contribution in [0.2, 0.25) is 10.0 Å². The van der Waals surface area contributed by atoms with Crippen molar-refractivity contribution in [2.24, 2.45) is 0 Å². The van der Waals surface area contributed by atoms with Gasteiger partial charge in [0.15, 0.2) is 5.76 Å². The van der Waals surface area contributed by atoms with E-state index in [9.17, 15) is 4.79 Å². The summed E-state index contributed by atoms with van der Waals surface area (Å²) in [7, 11) is 3.06. The molecule has 0 radical (unpaired) electrons. The van der Waals surface area contributed by atoms with Crippen molar-refractivity contribution < 1.29 is 23.4 Å². The van der Waals surface area contributed by atoms with Gasteiger partial charge < -0.3 is 23.9 Å². The Morgan fingerprint density at radius 3 is 2.50 bits per heavy atom. The van der Waals surface area contributed by atoms with E-state index in [-0.39, 0.29) is 12.4 Å². The molecule has 1 N–H and O–H groups in total. The summed E-state index contributed by atoms with van der Waals surface area (Å²) < 4.78 is 21.6. The first-order valence-corrected chi connectivity index (χ1v) is 8.95. The van der Waals surface area contributed by atoms with Gasteiger partial charge in [-0.25, -0.2) is 0 Å². The molecule has 2 aromatic carbocycles. The normalized spacial score (nSPS) is 10.4. The molecule has 0 unspecified atom stereocenters. The molecule has 146 valence electrons. The van der Waals surface area contributed by atoms with Crippen LogP contribution in [0.3, 0.4) is 0 Å². The van der Waals surface area contributed by atoms with Crippen molar-refractivity contribution in [2.75, 3.05) is 19.5 Å². The molecule has 8 heteroatoms. The summed E-state index contributed by atoms with van der Waals surface area (Å²) in [6.07, 6.45) is 0. The van der Waals surface area contributed by atoms with E-state index in [1.807, 2.05) is 0 Å². The largest absolute Gasteiger partial charge is 0.497 e. The Hall–Kier alpha value is -2.83. The van der Waals surface area contributed by atoms with Gasteiger partial charge in [-0.05, 0) is 42.5 Å². The molecule has 0 saturated carbocycles. The number of rotatable bonds is 7. The minimum atomic E-state index is -0.428. The lowest BCUT2D eigenvalue weighted by Crippen LogP contribution is -2.12. The molecular weight excluding hydrogens is 405 g/mol. The number of carbonyl (C=O) groups is 1. The van der Waals surface area contributed by atoms with Crippen LogP contribution in [0.15, 0.2) is 52.9 Å². The molecular formula is C20H17Cl2NO5. The Kier molecular flexibility index (Phi) is 6.34. The highest BCUT2D eigenvalue weighted by Crippen LogP contribution is 2.30. The van der Waals surface area contributed by atoms with Gasteiger partial charge in [0.05, 0.1) is 24.9 Å². The van der Waals surface area contributed by atoms with Crippen LogP contribution in [0.25, 0.3) is 0 Å². The molecule has 0 aliphatic rings. The molecule has 0 saturated heterocycles. The molecule has 3 aromatic rings. The number of benzene rings is 2. The Morgan fingerprint density at radius 1 is 1.00 bits per heavy atom. The molecule has 3 rings (SSSR count). The Balaban J connectivity index is 1.67. The van der Waals surface area contributed by atoms with E-state index in [1.54, 1.807) is 55.6 Å². The SMILES string of the molecule is COc1ccc(OC)c(NC(=O)c2ccc(COc3ccc(Cl)cc3Cl)o2)c1. The van der Waals surface area contributed by atoms with Crippen LogP contribution < -0.4 is 19.5 Å². The first-order valence-electron chi connectivity index (χ1n) is 8.20. The molecule has 0 fully saturated rings. The third-order valence-corrected chi connectivity index (χ3v) is 4.33. The first-order chi connectivity index (χ1) is 13.5. The van der Waals surface area contributed by atoms with Crippen LogP contribution in [0.4, 0.5) is 5.69 Å². The summed E-state index contributed by atoms with van der Waals surface area (Å²) in [6.45, 7) is 0.108. The van der Waals surface area contributed by atoms with Crippen molar-refractivity contribution in [3.63, 3.8) is 0 Å². The Labute approximate surface area is 171 Å². The molecule has 0 bridgehead atoms. The van der Waals surface area contributed by atoms with E-state index < -0.39 is 5.91 Å². The molecule has 0 spiro atoms. The van der Waals surface area contributed by atoms with Gasteiger partial charge in [-0.3, -0.25) is 4.79 Å². The van der Waals surface area contributed by atoms with Gasteiger partial charge in [0.1, 0.15) is 29.6 Å². The van der Waals surface area contributed by atoms with E-state index in [0.717, 1.165) is 0 Å². The number of furan rings is 1. The average Bonchev–Trinajstić information content (AvgIpc) is 3.16. The monoisotopic (exact) mass is 421 g/mol. The Morgan fingerprint density at radius 2 is 1.79 bits per heavy atom. The number of hydrogen-bond donors (Lipinski definition) is 1. The maximum Gasteiger partial charge on any atom is 0.291 e. The van der Waals surface area contributed by atoms with Crippen LogP contribution in [0, 0.1) is 0 Å². The minimum Gasteiger partial charge on any atom is -0.497 e. The van der Waals surface area contributed by atoms with E-state index >= 15 is 0 Å². The number of hydrogen-bond acceptors (Lipinski definition) is 5. The zero-order chi connectivity index (χ0) is 20.1. The highest BCUT2D eigenvalue weighted by molar-refractivity contribution is 6.35. The van der Waals surface area contributed by atoms with Crippen molar-refractivity contribution in [3.8, 4) is 17.2 Å². The molecule has 0 aliphatic heterocycles. The number of amides is 1. The van der Waals surface area contributed by atoms with Gasteiger partial charge >= 0.3 is 0 Å². The smallest absolute Gasteiger partial charge is 0.291 e. The summed E-state index contributed by atoms with van der Waals surface area (Å²) in [5.41, 5.74) is 0.467. The van der Waals surface area contributed by atoms with Gasteiger partial charge in [-0.1, -0.05) is 23.2 Å². The van der Waals surface area contributed by atoms with Crippen LogP contribution in [0.1, 0.15) is 16.3 Å².